The van der Waals surface area contributed by atoms with Crippen molar-refractivity contribution in [3.05, 3.63) is 29.3 Å². The van der Waals surface area contributed by atoms with Crippen molar-refractivity contribution < 1.29 is 18.0 Å². The van der Waals surface area contributed by atoms with Crippen LogP contribution in [-0.2, 0) is 6.18 Å². The Kier molecular flexibility index (Phi) is 5.34. The second-order valence-corrected chi connectivity index (χ2v) is 6.99. The van der Waals surface area contributed by atoms with Crippen LogP contribution in [0.3, 0.4) is 0 Å². The molecule has 2 heterocycles. The number of hydrogen-bond acceptors (Lipinski definition) is 4. The van der Waals surface area contributed by atoms with E-state index in [0.717, 1.165) is 64.2 Å². The molecule has 3 rings (SSSR count). The molecule has 138 valence electrons. The van der Waals surface area contributed by atoms with Gasteiger partial charge in [-0.15, -0.1) is 0 Å². The van der Waals surface area contributed by atoms with E-state index >= 15 is 0 Å². The highest BCUT2D eigenvalue weighted by Gasteiger charge is 2.32. The Hall–Kier alpha value is -1.60. The van der Waals surface area contributed by atoms with Crippen molar-refractivity contribution in [2.24, 2.45) is 0 Å². The molecule has 0 N–H and O–H groups in total. The highest BCUT2D eigenvalue weighted by Crippen LogP contribution is 2.33. The Morgan fingerprint density at radius 1 is 1.00 bits per heavy atom. The monoisotopic (exact) mass is 355 g/mol. The first-order valence-electron chi connectivity index (χ1n) is 8.72. The number of carbonyl (C=O) groups excluding carboxylic acids is 1. The van der Waals surface area contributed by atoms with Crippen LogP contribution in [0.1, 0.15) is 28.8 Å². The van der Waals surface area contributed by atoms with E-state index in [1.54, 1.807) is 6.07 Å². The molecule has 0 aromatic heterocycles. The number of carbonyl (C=O) groups is 1. The van der Waals surface area contributed by atoms with Crippen LogP contribution in [-0.4, -0.2) is 68.4 Å². The van der Waals surface area contributed by atoms with E-state index in [1.165, 1.54) is 0 Å². The average Bonchev–Trinajstić information content (AvgIpc) is 2.61. The molecule has 0 atom stereocenters. The zero-order chi connectivity index (χ0) is 18.0. The minimum Gasteiger partial charge on any atom is -0.371 e. The SMILES string of the molecule is CN1CCN(C2CCN(c3cc(C=O)cc(C(F)(F)F)c3)CC2)CC1. The topological polar surface area (TPSA) is 26.8 Å². The minimum absolute atomic E-state index is 0.0750. The van der Waals surface area contributed by atoms with Gasteiger partial charge in [0, 0.05) is 56.6 Å². The number of hydrogen-bond donors (Lipinski definition) is 0. The van der Waals surface area contributed by atoms with Crippen molar-refractivity contribution in [1.29, 1.82) is 0 Å². The number of anilines is 1. The molecule has 2 fully saturated rings. The molecule has 0 radical (unpaired) electrons. The molecule has 0 amide bonds. The molecular weight excluding hydrogens is 331 g/mol. The number of piperidine rings is 1. The van der Waals surface area contributed by atoms with E-state index in [4.69, 9.17) is 0 Å². The van der Waals surface area contributed by atoms with Gasteiger partial charge in [0.15, 0.2) is 0 Å². The van der Waals surface area contributed by atoms with Gasteiger partial charge in [0.05, 0.1) is 5.56 Å². The molecule has 4 nitrogen and oxygen atoms in total. The number of halogens is 3. The van der Waals surface area contributed by atoms with Gasteiger partial charge in [0.25, 0.3) is 0 Å². The van der Waals surface area contributed by atoms with Gasteiger partial charge in [-0.3, -0.25) is 9.69 Å². The van der Waals surface area contributed by atoms with Gasteiger partial charge in [0.2, 0.25) is 0 Å². The third kappa shape index (κ3) is 4.33. The Balaban J connectivity index is 1.67. The summed E-state index contributed by atoms with van der Waals surface area (Å²) in [4.78, 5) is 17.8. The van der Waals surface area contributed by atoms with Crippen molar-refractivity contribution in [2.45, 2.75) is 25.1 Å². The summed E-state index contributed by atoms with van der Waals surface area (Å²) >= 11 is 0. The number of likely N-dealkylation sites (N-methyl/N-ethyl adjacent to an activating group) is 1. The lowest BCUT2D eigenvalue weighted by Gasteiger charge is -2.42. The first-order chi connectivity index (χ1) is 11.9. The summed E-state index contributed by atoms with van der Waals surface area (Å²) in [7, 11) is 2.12. The van der Waals surface area contributed by atoms with Crippen LogP contribution in [0.2, 0.25) is 0 Å². The number of alkyl halides is 3. The molecule has 25 heavy (non-hydrogen) atoms. The fourth-order valence-electron chi connectivity index (χ4n) is 3.73. The molecule has 2 saturated heterocycles. The number of nitrogens with zero attached hydrogens (tertiary/aromatic N) is 3. The van der Waals surface area contributed by atoms with Crippen LogP contribution >= 0.6 is 0 Å². The largest absolute Gasteiger partial charge is 0.416 e. The first-order valence-corrected chi connectivity index (χ1v) is 8.72. The first kappa shape index (κ1) is 18.2. The molecule has 0 saturated carbocycles. The molecule has 0 aliphatic carbocycles. The van der Waals surface area contributed by atoms with Crippen LogP contribution in [0.25, 0.3) is 0 Å². The smallest absolute Gasteiger partial charge is 0.371 e. The minimum atomic E-state index is -4.44. The number of benzene rings is 1. The lowest BCUT2D eigenvalue weighted by molar-refractivity contribution is -0.137. The molecular formula is C18H24F3N3O. The lowest BCUT2D eigenvalue weighted by atomic mass is 10.0. The highest BCUT2D eigenvalue weighted by atomic mass is 19.4. The summed E-state index contributed by atoms with van der Waals surface area (Å²) in [5.74, 6) is 0. The predicted octanol–water partition coefficient (Wildman–Crippen LogP) is 2.73. The molecule has 0 unspecified atom stereocenters. The van der Waals surface area contributed by atoms with Crippen LogP contribution in [0.4, 0.5) is 18.9 Å². The van der Waals surface area contributed by atoms with E-state index in [2.05, 4.69) is 16.8 Å². The Morgan fingerprint density at radius 2 is 1.64 bits per heavy atom. The summed E-state index contributed by atoms with van der Waals surface area (Å²) < 4.78 is 39.1. The maximum absolute atomic E-state index is 13.0. The van der Waals surface area contributed by atoms with Crippen LogP contribution < -0.4 is 4.90 Å². The predicted molar refractivity (Wildman–Crippen MR) is 91.1 cm³/mol. The van der Waals surface area contributed by atoms with Crippen molar-refractivity contribution in [1.82, 2.24) is 9.80 Å². The number of aldehydes is 1. The maximum atomic E-state index is 13.0. The van der Waals surface area contributed by atoms with Crippen LogP contribution in [0.15, 0.2) is 18.2 Å². The fraction of sp³-hybridized carbons (Fsp3) is 0.611. The zero-order valence-corrected chi connectivity index (χ0v) is 14.4. The lowest BCUT2D eigenvalue weighted by Crippen LogP contribution is -2.52. The normalized spacial score (nSPS) is 21.5. The molecule has 1 aromatic rings. The van der Waals surface area contributed by atoms with E-state index in [0.29, 0.717) is 18.0 Å². The quantitative estimate of drug-likeness (QED) is 0.779. The van der Waals surface area contributed by atoms with Crippen LogP contribution in [0, 0.1) is 0 Å². The summed E-state index contributed by atoms with van der Waals surface area (Å²) in [6, 6.07) is 4.12. The third-order valence-corrected chi connectivity index (χ3v) is 5.29. The average molecular weight is 355 g/mol. The van der Waals surface area contributed by atoms with Crippen molar-refractivity contribution in [3.63, 3.8) is 0 Å². The van der Waals surface area contributed by atoms with Crippen molar-refractivity contribution >= 4 is 12.0 Å². The van der Waals surface area contributed by atoms with Gasteiger partial charge < -0.3 is 9.80 Å². The van der Waals surface area contributed by atoms with Gasteiger partial charge >= 0.3 is 6.18 Å². The van der Waals surface area contributed by atoms with Gasteiger partial charge in [-0.25, -0.2) is 0 Å². The van der Waals surface area contributed by atoms with Crippen molar-refractivity contribution in [3.8, 4) is 0 Å². The van der Waals surface area contributed by atoms with Gasteiger partial charge in [-0.2, -0.15) is 13.2 Å². The number of rotatable bonds is 3. The van der Waals surface area contributed by atoms with Gasteiger partial charge in [0.1, 0.15) is 6.29 Å². The van der Waals surface area contributed by atoms with E-state index < -0.39 is 11.7 Å². The Bertz CT molecular complexity index is 604. The second kappa shape index (κ2) is 7.33. The Labute approximate surface area is 146 Å². The standard InChI is InChI=1S/C18H24F3N3O/c1-22-6-8-24(9-7-22)16-2-4-23(5-3-16)17-11-14(13-25)10-15(12-17)18(19,20)21/h10-13,16H,2-9H2,1H3. The molecule has 0 bridgehead atoms. The van der Waals surface area contributed by atoms with E-state index in [-0.39, 0.29) is 5.56 Å². The molecule has 2 aliphatic heterocycles. The molecule has 0 spiro atoms. The fourth-order valence-corrected chi connectivity index (χ4v) is 3.73. The van der Waals surface area contributed by atoms with Gasteiger partial charge in [-0.05, 0) is 38.1 Å². The Morgan fingerprint density at radius 3 is 2.20 bits per heavy atom. The van der Waals surface area contributed by atoms with E-state index in [1.807, 2.05) is 4.90 Å². The summed E-state index contributed by atoms with van der Waals surface area (Å²) in [5.41, 5.74) is -0.187. The third-order valence-electron chi connectivity index (χ3n) is 5.29. The molecule has 7 heteroatoms. The summed E-state index contributed by atoms with van der Waals surface area (Å²) in [6.45, 7) is 5.68. The zero-order valence-electron chi connectivity index (χ0n) is 14.4. The number of piperazine rings is 1. The molecule has 2 aliphatic rings. The van der Waals surface area contributed by atoms with Crippen LogP contribution in [0.5, 0.6) is 0 Å². The van der Waals surface area contributed by atoms with E-state index in [9.17, 15) is 18.0 Å². The highest BCUT2D eigenvalue weighted by molar-refractivity contribution is 5.78. The van der Waals surface area contributed by atoms with Crippen molar-refractivity contribution in [2.75, 3.05) is 51.2 Å². The summed E-state index contributed by atoms with van der Waals surface area (Å²) in [6.07, 6.45) is -2.07. The van der Waals surface area contributed by atoms with Gasteiger partial charge in [-0.1, -0.05) is 0 Å². The summed E-state index contributed by atoms with van der Waals surface area (Å²) in [5, 5.41) is 0. The second-order valence-electron chi connectivity index (χ2n) is 6.99. The maximum Gasteiger partial charge on any atom is 0.416 e. The molecule has 1 aromatic carbocycles.